The third-order valence-corrected chi connectivity index (χ3v) is 1.26. The van der Waals surface area contributed by atoms with E-state index in [1.807, 2.05) is 13.0 Å². The van der Waals surface area contributed by atoms with Crippen molar-refractivity contribution < 1.29 is 19.1 Å². The molecule has 0 radical (unpaired) electrons. The van der Waals surface area contributed by atoms with Crippen LogP contribution in [-0.4, -0.2) is 25.7 Å². The van der Waals surface area contributed by atoms with Gasteiger partial charge in [-0.25, -0.2) is 0 Å². The van der Waals surface area contributed by atoms with Crippen LogP contribution in [0.5, 0.6) is 0 Å². The average molecular weight is 186 g/mol. The SMILES string of the molecule is CC/C=C\COC(=O)CC(=O)OC. The minimum atomic E-state index is -0.579. The maximum absolute atomic E-state index is 10.8. The highest BCUT2D eigenvalue weighted by Gasteiger charge is 2.09. The molecule has 0 aliphatic carbocycles. The summed E-state index contributed by atoms with van der Waals surface area (Å²) in [6, 6.07) is 0. The quantitative estimate of drug-likeness (QED) is 0.366. The van der Waals surface area contributed by atoms with Crippen molar-refractivity contribution in [1.29, 1.82) is 0 Å². The molecule has 0 aliphatic heterocycles. The normalized spacial score (nSPS) is 10.0. The van der Waals surface area contributed by atoms with Gasteiger partial charge in [0.15, 0.2) is 0 Å². The van der Waals surface area contributed by atoms with Gasteiger partial charge in [-0.05, 0) is 6.42 Å². The van der Waals surface area contributed by atoms with Gasteiger partial charge in [-0.1, -0.05) is 19.1 Å². The number of methoxy groups -OCH3 is 1. The second-order valence-corrected chi connectivity index (χ2v) is 2.32. The highest BCUT2D eigenvalue weighted by Crippen LogP contribution is 1.90. The van der Waals surface area contributed by atoms with Gasteiger partial charge in [-0.15, -0.1) is 0 Å². The van der Waals surface area contributed by atoms with E-state index in [-0.39, 0.29) is 13.0 Å². The summed E-state index contributed by atoms with van der Waals surface area (Å²) in [5.74, 6) is -1.14. The fourth-order valence-corrected chi connectivity index (χ4v) is 0.617. The van der Waals surface area contributed by atoms with E-state index < -0.39 is 11.9 Å². The summed E-state index contributed by atoms with van der Waals surface area (Å²) in [5, 5.41) is 0. The fraction of sp³-hybridized carbons (Fsp3) is 0.556. The van der Waals surface area contributed by atoms with Gasteiger partial charge >= 0.3 is 11.9 Å². The lowest BCUT2D eigenvalue weighted by Crippen LogP contribution is -2.12. The van der Waals surface area contributed by atoms with E-state index in [2.05, 4.69) is 4.74 Å². The first-order chi connectivity index (χ1) is 6.20. The Kier molecular flexibility index (Phi) is 6.59. The molecular formula is C9H14O4. The Bertz CT molecular complexity index is 196. The van der Waals surface area contributed by atoms with Gasteiger partial charge < -0.3 is 9.47 Å². The zero-order valence-corrected chi connectivity index (χ0v) is 7.91. The van der Waals surface area contributed by atoms with Crippen molar-refractivity contribution in [2.45, 2.75) is 19.8 Å². The average Bonchev–Trinajstić information content (AvgIpc) is 2.12. The van der Waals surface area contributed by atoms with Crippen molar-refractivity contribution in [2.75, 3.05) is 13.7 Å². The molecular weight excluding hydrogens is 172 g/mol. The van der Waals surface area contributed by atoms with Crippen molar-refractivity contribution >= 4 is 11.9 Å². The largest absolute Gasteiger partial charge is 0.469 e. The van der Waals surface area contributed by atoms with Crippen molar-refractivity contribution in [2.24, 2.45) is 0 Å². The van der Waals surface area contributed by atoms with Crippen molar-refractivity contribution in [3.05, 3.63) is 12.2 Å². The Morgan fingerprint density at radius 3 is 2.46 bits per heavy atom. The lowest BCUT2D eigenvalue weighted by atomic mass is 10.4. The molecule has 0 bridgehead atoms. The van der Waals surface area contributed by atoms with E-state index in [0.29, 0.717) is 0 Å². The minimum absolute atomic E-state index is 0.212. The van der Waals surface area contributed by atoms with Gasteiger partial charge in [-0.2, -0.15) is 0 Å². The summed E-state index contributed by atoms with van der Waals surface area (Å²) < 4.78 is 8.98. The third-order valence-electron chi connectivity index (χ3n) is 1.26. The molecule has 0 saturated heterocycles. The molecule has 0 unspecified atom stereocenters. The number of carbonyl (C=O) groups is 2. The van der Waals surface area contributed by atoms with Gasteiger partial charge in [-0.3, -0.25) is 9.59 Å². The molecule has 0 N–H and O–H groups in total. The summed E-state index contributed by atoms with van der Waals surface area (Å²) >= 11 is 0. The first-order valence-electron chi connectivity index (χ1n) is 4.08. The molecule has 4 heteroatoms. The zero-order valence-electron chi connectivity index (χ0n) is 7.91. The van der Waals surface area contributed by atoms with Crippen LogP contribution < -0.4 is 0 Å². The van der Waals surface area contributed by atoms with Crippen LogP contribution in [0.15, 0.2) is 12.2 Å². The predicted molar refractivity (Wildman–Crippen MR) is 47.0 cm³/mol. The second kappa shape index (κ2) is 7.34. The van der Waals surface area contributed by atoms with Crippen LogP contribution >= 0.6 is 0 Å². The van der Waals surface area contributed by atoms with Gasteiger partial charge in [0.1, 0.15) is 13.0 Å². The first-order valence-corrected chi connectivity index (χ1v) is 4.08. The number of carbonyl (C=O) groups excluding carboxylic acids is 2. The Labute approximate surface area is 77.5 Å². The van der Waals surface area contributed by atoms with E-state index in [9.17, 15) is 9.59 Å². The summed E-state index contributed by atoms with van der Waals surface area (Å²) in [6.45, 7) is 2.19. The van der Waals surface area contributed by atoms with E-state index in [1.165, 1.54) is 7.11 Å². The number of hydrogen-bond donors (Lipinski definition) is 0. The predicted octanol–water partition coefficient (Wildman–Crippen LogP) is 1.06. The molecule has 0 spiro atoms. The molecule has 13 heavy (non-hydrogen) atoms. The smallest absolute Gasteiger partial charge is 0.317 e. The van der Waals surface area contributed by atoms with E-state index in [4.69, 9.17) is 4.74 Å². The van der Waals surface area contributed by atoms with E-state index >= 15 is 0 Å². The maximum atomic E-state index is 10.8. The van der Waals surface area contributed by atoms with Crippen molar-refractivity contribution in [1.82, 2.24) is 0 Å². The topological polar surface area (TPSA) is 52.6 Å². The highest BCUT2D eigenvalue weighted by molar-refractivity contribution is 5.91. The summed E-state index contributed by atoms with van der Waals surface area (Å²) in [6.07, 6.45) is 4.19. The standard InChI is InChI=1S/C9H14O4/c1-3-4-5-6-13-9(11)7-8(10)12-2/h4-5H,3,6-7H2,1-2H3/b5-4-. The number of rotatable bonds is 5. The molecule has 0 aromatic carbocycles. The van der Waals surface area contributed by atoms with Crippen LogP contribution in [0.4, 0.5) is 0 Å². The monoisotopic (exact) mass is 186 g/mol. The molecule has 0 atom stereocenters. The lowest BCUT2D eigenvalue weighted by Gasteiger charge is -1.99. The summed E-state index contributed by atoms with van der Waals surface area (Å²) in [7, 11) is 1.23. The van der Waals surface area contributed by atoms with Crippen molar-refractivity contribution in [3.63, 3.8) is 0 Å². The van der Waals surface area contributed by atoms with Gasteiger partial charge in [0, 0.05) is 0 Å². The number of ether oxygens (including phenoxy) is 2. The highest BCUT2D eigenvalue weighted by atomic mass is 16.5. The Morgan fingerprint density at radius 1 is 1.23 bits per heavy atom. The van der Waals surface area contributed by atoms with Crippen LogP contribution in [-0.2, 0) is 19.1 Å². The van der Waals surface area contributed by atoms with Crippen LogP contribution in [0.2, 0.25) is 0 Å². The molecule has 0 aromatic heterocycles. The Morgan fingerprint density at radius 2 is 1.92 bits per heavy atom. The molecule has 0 fully saturated rings. The lowest BCUT2D eigenvalue weighted by molar-refractivity contribution is -0.152. The van der Waals surface area contributed by atoms with E-state index in [1.54, 1.807) is 6.08 Å². The Hall–Kier alpha value is -1.32. The Balaban J connectivity index is 3.52. The van der Waals surface area contributed by atoms with E-state index in [0.717, 1.165) is 6.42 Å². The maximum Gasteiger partial charge on any atom is 0.317 e. The van der Waals surface area contributed by atoms with Gasteiger partial charge in [0.25, 0.3) is 0 Å². The number of esters is 2. The molecule has 4 nitrogen and oxygen atoms in total. The summed E-state index contributed by atoms with van der Waals surface area (Å²) in [5.41, 5.74) is 0. The van der Waals surface area contributed by atoms with Crippen molar-refractivity contribution in [3.8, 4) is 0 Å². The van der Waals surface area contributed by atoms with Gasteiger partial charge in [0.2, 0.25) is 0 Å². The molecule has 0 aromatic rings. The van der Waals surface area contributed by atoms with Crippen LogP contribution in [0, 0.1) is 0 Å². The zero-order chi connectivity index (χ0) is 10.1. The first kappa shape index (κ1) is 11.7. The molecule has 0 amide bonds. The molecule has 0 heterocycles. The third kappa shape index (κ3) is 7.05. The molecule has 0 aliphatic rings. The fourth-order valence-electron chi connectivity index (χ4n) is 0.617. The van der Waals surface area contributed by atoms with Gasteiger partial charge in [0.05, 0.1) is 7.11 Å². The second-order valence-electron chi connectivity index (χ2n) is 2.32. The number of allylic oxidation sites excluding steroid dienone is 1. The molecule has 0 rings (SSSR count). The number of hydrogen-bond acceptors (Lipinski definition) is 4. The minimum Gasteiger partial charge on any atom is -0.469 e. The molecule has 0 saturated carbocycles. The molecule has 74 valence electrons. The van der Waals surface area contributed by atoms with Crippen LogP contribution in [0.1, 0.15) is 19.8 Å². The summed E-state index contributed by atoms with van der Waals surface area (Å²) in [4.78, 5) is 21.4. The van der Waals surface area contributed by atoms with Crippen LogP contribution in [0.25, 0.3) is 0 Å². The van der Waals surface area contributed by atoms with Crippen LogP contribution in [0.3, 0.4) is 0 Å².